The Morgan fingerprint density at radius 3 is 2.40 bits per heavy atom. The van der Waals surface area contributed by atoms with Gasteiger partial charge in [0.25, 0.3) is 0 Å². The van der Waals surface area contributed by atoms with Gasteiger partial charge in [-0.15, -0.1) is 0 Å². The fourth-order valence-electron chi connectivity index (χ4n) is 2.60. The number of hydrogen-bond donors (Lipinski definition) is 0. The molecule has 20 heavy (non-hydrogen) atoms. The molecule has 0 amide bonds. The van der Waals surface area contributed by atoms with Gasteiger partial charge in [-0.3, -0.25) is 4.79 Å². The first-order valence-electron chi connectivity index (χ1n) is 7.74. The van der Waals surface area contributed by atoms with Crippen LogP contribution in [0.1, 0.15) is 61.9 Å². The van der Waals surface area contributed by atoms with Crippen LogP contribution in [0.4, 0.5) is 0 Å². The summed E-state index contributed by atoms with van der Waals surface area (Å²) in [7, 11) is 0. The number of ketones is 1. The Morgan fingerprint density at radius 1 is 0.900 bits per heavy atom. The first kappa shape index (κ1) is 14.8. The van der Waals surface area contributed by atoms with Gasteiger partial charge in [0.1, 0.15) is 0 Å². The monoisotopic (exact) mass is 268 g/mol. The van der Waals surface area contributed by atoms with Gasteiger partial charge in [-0.05, 0) is 42.2 Å². The van der Waals surface area contributed by atoms with E-state index in [0.29, 0.717) is 0 Å². The highest BCUT2D eigenvalue weighted by molar-refractivity contribution is 5.98. The fourth-order valence-corrected chi connectivity index (χ4v) is 2.60. The zero-order valence-electron chi connectivity index (χ0n) is 12.6. The molecule has 0 aromatic heterocycles. The van der Waals surface area contributed by atoms with Gasteiger partial charge in [-0.2, -0.15) is 0 Å². The molecule has 0 N–H and O–H groups in total. The van der Waals surface area contributed by atoms with Crippen LogP contribution in [0.3, 0.4) is 0 Å². The highest BCUT2D eigenvalue weighted by Crippen LogP contribution is 2.20. The lowest BCUT2D eigenvalue weighted by Gasteiger charge is -2.05. The van der Waals surface area contributed by atoms with Crippen molar-refractivity contribution in [1.29, 1.82) is 0 Å². The normalized spacial score (nSPS) is 10.9. The van der Waals surface area contributed by atoms with Crippen molar-refractivity contribution in [2.24, 2.45) is 0 Å². The van der Waals surface area contributed by atoms with Crippen LogP contribution in [0, 0.1) is 0 Å². The minimum Gasteiger partial charge on any atom is -0.295 e. The van der Waals surface area contributed by atoms with Gasteiger partial charge in [-0.25, -0.2) is 0 Å². The molecule has 0 fully saturated rings. The highest BCUT2D eigenvalue weighted by atomic mass is 16.1. The van der Waals surface area contributed by atoms with Gasteiger partial charge in [0.15, 0.2) is 5.78 Å². The molecule has 0 aliphatic rings. The third-order valence-electron chi connectivity index (χ3n) is 3.88. The maximum Gasteiger partial charge on any atom is 0.159 e. The lowest BCUT2D eigenvalue weighted by Crippen LogP contribution is -1.92. The number of benzene rings is 2. The standard InChI is InChI=1S/C19H24O/c1-3-4-5-6-7-8-16-9-10-17-11-12-18(15(2)20)14-19(17)13-16/h9-14H,3-8H2,1-2H3. The molecule has 2 aromatic rings. The molecule has 2 rings (SSSR count). The van der Waals surface area contributed by atoms with E-state index in [0.717, 1.165) is 12.0 Å². The second kappa shape index (κ2) is 7.23. The van der Waals surface area contributed by atoms with E-state index in [4.69, 9.17) is 0 Å². The third-order valence-corrected chi connectivity index (χ3v) is 3.88. The molecule has 0 saturated heterocycles. The minimum absolute atomic E-state index is 0.136. The van der Waals surface area contributed by atoms with E-state index in [1.165, 1.54) is 48.4 Å². The second-order valence-electron chi connectivity index (χ2n) is 5.62. The van der Waals surface area contributed by atoms with Crippen molar-refractivity contribution < 1.29 is 4.79 Å². The van der Waals surface area contributed by atoms with E-state index < -0.39 is 0 Å². The smallest absolute Gasteiger partial charge is 0.159 e. The summed E-state index contributed by atoms with van der Waals surface area (Å²) in [6, 6.07) is 12.6. The summed E-state index contributed by atoms with van der Waals surface area (Å²) in [5.41, 5.74) is 2.19. The molecule has 2 aromatic carbocycles. The summed E-state index contributed by atoms with van der Waals surface area (Å²) in [5, 5.41) is 2.40. The molecule has 0 spiro atoms. The molecular formula is C19H24O. The van der Waals surface area contributed by atoms with E-state index in [1.807, 2.05) is 18.2 Å². The number of hydrogen-bond acceptors (Lipinski definition) is 1. The second-order valence-corrected chi connectivity index (χ2v) is 5.62. The number of fused-ring (bicyclic) bond motifs is 1. The van der Waals surface area contributed by atoms with Crippen molar-refractivity contribution in [1.82, 2.24) is 0 Å². The summed E-state index contributed by atoms with van der Waals surface area (Å²) in [6.07, 6.45) is 7.71. The van der Waals surface area contributed by atoms with Gasteiger partial charge in [0.2, 0.25) is 0 Å². The number of rotatable bonds is 7. The van der Waals surface area contributed by atoms with Crippen LogP contribution in [0.2, 0.25) is 0 Å². The van der Waals surface area contributed by atoms with Crippen LogP contribution in [0.5, 0.6) is 0 Å². The lowest BCUT2D eigenvalue weighted by atomic mass is 10.00. The fraction of sp³-hybridized carbons (Fsp3) is 0.421. The summed E-state index contributed by atoms with van der Waals surface area (Å²) in [6.45, 7) is 3.87. The van der Waals surface area contributed by atoms with Crippen LogP contribution in [0.25, 0.3) is 10.8 Å². The van der Waals surface area contributed by atoms with E-state index in [-0.39, 0.29) is 5.78 Å². The van der Waals surface area contributed by atoms with Gasteiger partial charge in [0.05, 0.1) is 0 Å². The van der Waals surface area contributed by atoms with Crippen LogP contribution in [-0.2, 0) is 6.42 Å². The van der Waals surface area contributed by atoms with Gasteiger partial charge >= 0.3 is 0 Å². The molecule has 1 heteroatoms. The number of Topliss-reactive ketones (excluding diaryl/α,β-unsaturated/α-hetero) is 1. The SMILES string of the molecule is CCCCCCCc1ccc2ccc(C(C)=O)cc2c1. The largest absolute Gasteiger partial charge is 0.295 e. The van der Waals surface area contributed by atoms with E-state index in [9.17, 15) is 4.79 Å². The maximum absolute atomic E-state index is 11.4. The number of carbonyl (C=O) groups excluding carboxylic acids is 1. The van der Waals surface area contributed by atoms with Crippen molar-refractivity contribution in [3.05, 3.63) is 47.5 Å². The van der Waals surface area contributed by atoms with Crippen molar-refractivity contribution in [3.63, 3.8) is 0 Å². The van der Waals surface area contributed by atoms with E-state index >= 15 is 0 Å². The van der Waals surface area contributed by atoms with Crippen molar-refractivity contribution in [3.8, 4) is 0 Å². The van der Waals surface area contributed by atoms with Crippen molar-refractivity contribution in [2.45, 2.75) is 52.4 Å². The van der Waals surface area contributed by atoms with Gasteiger partial charge < -0.3 is 0 Å². The summed E-state index contributed by atoms with van der Waals surface area (Å²) >= 11 is 0. The quantitative estimate of drug-likeness (QED) is 0.475. The Morgan fingerprint density at radius 2 is 1.65 bits per heavy atom. The number of aryl methyl sites for hydroxylation is 1. The number of unbranched alkanes of at least 4 members (excludes halogenated alkanes) is 4. The summed E-state index contributed by atoms with van der Waals surface area (Å²) in [5.74, 6) is 0.136. The first-order chi connectivity index (χ1) is 9.70. The summed E-state index contributed by atoms with van der Waals surface area (Å²) < 4.78 is 0. The highest BCUT2D eigenvalue weighted by Gasteiger charge is 2.02. The van der Waals surface area contributed by atoms with Gasteiger partial charge in [-0.1, -0.05) is 62.9 Å². The average Bonchev–Trinajstić information content (AvgIpc) is 2.46. The molecular weight excluding hydrogens is 244 g/mol. The molecule has 106 valence electrons. The molecule has 0 unspecified atom stereocenters. The zero-order chi connectivity index (χ0) is 14.4. The molecule has 0 heterocycles. The van der Waals surface area contributed by atoms with E-state index in [1.54, 1.807) is 6.92 Å². The molecule has 0 aliphatic heterocycles. The van der Waals surface area contributed by atoms with E-state index in [2.05, 4.69) is 25.1 Å². The predicted octanol–water partition coefficient (Wildman–Crippen LogP) is 5.56. The molecule has 0 atom stereocenters. The topological polar surface area (TPSA) is 17.1 Å². The maximum atomic E-state index is 11.4. The molecule has 0 bridgehead atoms. The Labute approximate surface area is 122 Å². The lowest BCUT2D eigenvalue weighted by molar-refractivity contribution is 0.101. The average molecular weight is 268 g/mol. The Kier molecular flexibility index (Phi) is 5.34. The van der Waals surface area contributed by atoms with Gasteiger partial charge in [0, 0.05) is 5.56 Å². The van der Waals surface area contributed by atoms with Crippen LogP contribution in [0.15, 0.2) is 36.4 Å². The molecule has 0 aliphatic carbocycles. The number of carbonyl (C=O) groups is 1. The third kappa shape index (κ3) is 3.93. The summed E-state index contributed by atoms with van der Waals surface area (Å²) in [4.78, 5) is 11.4. The molecule has 0 radical (unpaired) electrons. The Bertz CT molecular complexity index is 583. The first-order valence-corrected chi connectivity index (χ1v) is 7.74. The predicted molar refractivity (Wildman–Crippen MR) is 86.4 cm³/mol. The molecule has 1 nitrogen and oxygen atoms in total. The van der Waals surface area contributed by atoms with Crippen molar-refractivity contribution >= 4 is 16.6 Å². The van der Waals surface area contributed by atoms with Crippen LogP contribution in [-0.4, -0.2) is 5.78 Å². The Hall–Kier alpha value is -1.63. The van der Waals surface area contributed by atoms with Crippen LogP contribution >= 0.6 is 0 Å². The van der Waals surface area contributed by atoms with Crippen LogP contribution < -0.4 is 0 Å². The minimum atomic E-state index is 0.136. The molecule has 0 saturated carbocycles. The Balaban J connectivity index is 2.05. The zero-order valence-corrected chi connectivity index (χ0v) is 12.6. The van der Waals surface area contributed by atoms with Crippen molar-refractivity contribution in [2.75, 3.05) is 0 Å².